The topological polar surface area (TPSA) is 46.2 Å². The summed E-state index contributed by atoms with van der Waals surface area (Å²) in [5, 5.41) is 2.74. The third-order valence-corrected chi connectivity index (χ3v) is 9.18. The van der Waals surface area contributed by atoms with E-state index in [-0.39, 0.29) is 0 Å². The lowest BCUT2D eigenvalue weighted by molar-refractivity contribution is 0.578. The van der Waals surface area contributed by atoms with Crippen LogP contribution in [0.15, 0.2) is 95.4 Å². The van der Waals surface area contributed by atoms with Crippen LogP contribution in [0, 0.1) is 6.92 Å². The molecule has 3 nitrogen and oxygen atoms in total. The van der Waals surface area contributed by atoms with Gasteiger partial charge in [0.05, 0.1) is 4.90 Å². The molecule has 46 heavy (non-hydrogen) atoms. The molecule has 0 radical (unpaired) electrons. The molecule has 0 heterocycles. The van der Waals surface area contributed by atoms with Crippen LogP contribution in [0.1, 0.15) is 137 Å². The highest BCUT2D eigenvalue weighted by atomic mass is 32.2. The Balaban J connectivity index is 0.000000728. The van der Waals surface area contributed by atoms with Crippen molar-refractivity contribution in [1.29, 1.82) is 0 Å². The van der Waals surface area contributed by atoms with E-state index in [0.717, 1.165) is 42.7 Å². The van der Waals surface area contributed by atoms with Crippen molar-refractivity contribution < 1.29 is 8.42 Å². The number of rotatable bonds is 10. The van der Waals surface area contributed by atoms with Gasteiger partial charge in [-0.2, -0.15) is 0 Å². The molecule has 3 aromatic rings. The molecular formula is C42H65NO2S. The summed E-state index contributed by atoms with van der Waals surface area (Å²) in [7, 11) is -3.44. The molecule has 1 aliphatic rings. The maximum absolute atomic E-state index is 12.5. The Hall–Kier alpha value is -2.95. The fourth-order valence-corrected chi connectivity index (χ4v) is 6.30. The van der Waals surface area contributed by atoms with Gasteiger partial charge in [0.15, 0.2) is 0 Å². The summed E-state index contributed by atoms with van der Waals surface area (Å²) in [4.78, 5) is 0.389. The average Bonchev–Trinajstić information content (AvgIpc) is 3.09. The molecule has 3 aromatic carbocycles. The standard InChI is InChI=1S/C17H23NO2S.C17H22.C4H8.2C2H6/c1-3-4-13-18-21(19,20)17-8-6-5-7-16(17)15-11-9-14(2)10-12-15;1-4-6-14(5-2)16-10-9-15-8-7-13(3)11-17(15)12-16;1-3-4-2;2*1-2/h5-9,11,18H,3-4,10,12-13H2,1-2H3;7-12,14H,4-6H2,1-3H3;3-4H,1-2H3;2*1-2H3. The number of aryl methyl sites for hydroxylation is 1. The molecule has 0 aliphatic heterocycles. The van der Waals surface area contributed by atoms with Gasteiger partial charge in [0.1, 0.15) is 0 Å². The molecule has 1 N–H and O–H groups in total. The molecule has 256 valence electrons. The number of hydrogen-bond donors (Lipinski definition) is 1. The van der Waals surface area contributed by atoms with Crippen LogP contribution in [0.4, 0.5) is 0 Å². The van der Waals surface area contributed by atoms with Crippen LogP contribution >= 0.6 is 0 Å². The number of benzene rings is 3. The Labute approximate surface area is 284 Å². The summed E-state index contributed by atoms with van der Waals surface area (Å²) in [6.07, 6.45) is 15.6. The molecule has 0 fully saturated rings. The summed E-state index contributed by atoms with van der Waals surface area (Å²) < 4.78 is 27.7. The van der Waals surface area contributed by atoms with Crippen molar-refractivity contribution in [1.82, 2.24) is 4.72 Å². The van der Waals surface area contributed by atoms with E-state index < -0.39 is 10.0 Å². The second-order valence-corrected chi connectivity index (χ2v) is 12.9. The molecule has 0 bridgehead atoms. The van der Waals surface area contributed by atoms with Gasteiger partial charge in [-0.3, -0.25) is 0 Å². The minimum absolute atomic E-state index is 0.389. The number of allylic oxidation sites excluding steroid dienone is 6. The Morgan fingerprint density at radius 3 is 2.00 bits per heavy atom. The zero-order valence-corrected chi connectivity index (χ0v) is 31.9. The highest BCUT2D eigenvalue weighted by Gasteiger charge is 2.20. The summed E-state index contributed by atoms with van der Waals surface area (Å²) in [5.74, 6) is 0.727. The Kier molecular flexibility index (Phi) is 23.6. The van der Waals surface area contributed by atoms with Gasteiger partial charge in [0.25, 0.3) is 0 Å². The fourth-order valence-electron chi connectivity index (χ4n) is 4.99. The first-order valence-corrected chi connectivity index (χ1v) is 19.2. The van der Waals surface area contributed by atoms with Gasteiger partial charge in [-0.25, -0.2) is 13.1 Å². The molecule has 1 unspecified atom stereocenters. The highest BCUT2D eigenvalue weighted by Crippen LogP contribution is 2.31. The maximum atomic E-state index is 12.5. The lowest BCUT2D eigenvalue weighted by Crippen LogP contribution is -2.25. The van der Waals surface area contributed by atoms with Gasteiger partial charge in [-0.05, 0) is 99.3 Å². The van der Waals surface area contributed by atoms with Crippen molar-refractivity contribution in [2.75, 3.05) is 6.54 Å². The zero-order chi connectivity index (χ0) is 35.0. The average molecular weight is 648 g/mol. The first-order valence-electron chi connectivity index (χ1n) is 17.7. The molecule has 1 aliphatic carbocycles. The van der Waals surface area contributed by atoms with E-state index in [2.05, 4.69) is 74.9 Å². The summed E-state index contributed by atoms with van der Waals surface area (Å²) >= 11 is 0. The van der Waals surface area contributed by atoms with Crippen molar-refractivity contribution in [3.63, 3.8) is 0 Å². The van der Waals surface area contributed by atoms with Crippen molar-refractivity contribution in [2.45, 2.75) is 132 Å². The number of unbranched alkanes of at least 4 members (excludes halogenated alkanes) is 1. The predicted molar refractivity (Wildman–Crippen MR) is 207 cm³/mol. The smallest absolute Gasteiger partial charge is 0.211 e. The molecule has 0 aromatic heterocycles. The molecule has 0 spiro atoms. The van der Waals surface area contributed by atoms with E-state index in [9.17, 15) is 8.42 Å². The number of hydrogen-bond acceptors (Lipinski definition) is 2. The second kappa shape index (κ2) is 25.2. The van der Waals surface area contributed by atoms with Crippen LogP contribution in [0.3, 0.4) is 0 Å². The lowest BCUT2D eigenvalue weighted by atomic mass is 9.90. The molecule has 4 heteroatoms. The minimum Gasteiger partial charge on any atom is -0.211 e. The predicted octanol–water partition coefficient (Wildman–Crippen LogP) is 13.0. The van der Waals surface area contributed by atoms with Gasteiger partial charge in [-0.1, -0.05) is 151 Å². The van der Waals surface area contributed by atoms with Crippen molar-refractivity contribution in [3.05, 3.63) is 107 Å². The summed E-state index contributed by atoms with van der Waals surface area (Å²) in [6, 6.07) is 20.9. The fraction of sp³-hybridized carbons (Fsp3) is 0.476. The van der Waals surface area contributed by atoms with E-state index in [1.54, 1.807) is 12.1 Å². The van der Waals surface area contributed by atoms with Crippen LogP contribution in [0.2, 0.25) is 0 Å². The van der Waals surface area contributed by atoms with Crippen molar-refractivity contribution >= 4 is 26.4 Å². The van der Waals surface area contributed by atoms with Crippen LogP contribution in [-0.4, -0.2) is 15.0 Å². The Morgan fingerprint density at radius 1 is 0.783 bits per heavy atom. The minimum atomic E-state index is -3.44. The third kappa shape index (κ3) is 15.1. The van der Waals surface area contributed by atoms with Gasteiger partial charge < -0.3 is 0 Å². The normalized spacial score (nSPS) is 12.9. The molecule has 0 saturated carbocycles. The first-order chi connectivity index (χ1) is 22.2. The molecule has 4 rings (SSSR count). The third-order valence-electron chi connectivity index (χ3n) is 7.66. The molecule has 0 amide bonds. The van der Waals surface area contributed by atoms with Crippen molar-refractivity contribution in [3.8, 4) is 0 Å². The van der Waals surface area contributed by atoms with Crippen LogP contribution in [0.5, 0.6) is 0 Å². The maximum Gasteiger partial charge on any atom is 0.241 e. The number of nitrogens with one attached hydrogen (secondary N) is 1. The second-order valence-electron chi connectivity index (χ2n) is 11.1. The van der Waals surface area contributed by atoms with E-state index in [1.807, 2.05) is 78.8 Å². The monoisotopic (exact) mass is 647 g/mol. The van der Waals surface area contributed by atoms with E-state index in [0.29, 0.717) is 11.4 Å². The van der Waals surface area contributed by atoms with E-state index >= 15 is 0 Å². The number of fused-ring (bicyclic) bond motifs is 1. The van der Waals surface area contributed by atoms with Crippen LogP contribution in [-0.2, 0) is 10.0 Å². The largest absolute Gasteiger partial charge is 0.241 e. The van der Waals surface area contributed by atoms with Crippen LogP contribution < -0.4 is 4.72 Å². The molecular weight excluding hydrogens is 583 g/mol. The SMILES string of the molecule is CC.CC.CC=CC.CCCC(CC)c1ccc2ccc(C)cc2c1.CCCCNS(=O)(=O)c1ccccc1C1=CC=C(C)CC1. The first kappa shape index (κ1) is 43.0. The van der Waals surface area contributed by atoms with Gasteiger partial charge in [-0.15, -0.1) is 0 Å². The highest BCUT2D eigenvalue weighted by molar-refractivity contribution is 7.89. The Morgan fingerprint density at radius 2 is 1.43 bits per heavy atom. The van der Waals surface area contributed by atoms with E-state index in [1.165, 1.54) is 46.7 Å². The van der Waals surface area contributed by atoms with Gasteiger partial charge in [0.2, 0.25) is 10.0 Å². The van der Waals surface area contributed by atoms with Gasteiger partial charge in [0, 0.05) is 6.54 Å². The van der Waals surface area contributed by atoms with Gasteiger partial charge >= 0.3 is 0 Å². The Bertz CT molecular complexity index is 1440. The van der Waals surface area contributed by atoms with Crippen LogP contribution in [0.25, 0.3) is 16.3 Å². The number of sulfonamides is 1. The van der Waals surface area contributed by atoms with Crippen molar-refractivity contribution in [2.24, 2.45) is 0 Å². The van der Waals surface area contributed by atoms with E-state index in [4.69, 9.17) is 0 Å². The summed E-state index contributed by atoms with van der Waals surface area (Å²) in [5.41, 5.74) is 6.10. The summed E-state index contributed by atoms with van der Waals surface area (Å²) in [6.45, 7) is 23.4. The molecule has 1 atom stereocenters. The zero-order valence-electron chi connectivity index (χ0n) is 31.0. The lowest BCUT2D eigenvalue weighted by Gasteiger charge is -2.16. The quantitative estimate of drug-likeness (QED) is 0.176. The molecule has 0 saturated heterocycles.